The van der Waals surface area contributed by atoms with Gasteiger partial charge in [-0.3, -0.25) is 4.79 Å². The lowest BCUT2D eigenvalue weighted by atomic mass is 9.98. The highest BCUT2D eigenvalue weighted by Crippen LogP contribution is 2.24. The van der Waals surface area contributed by atoms with Crippen LogP contribution >= 0.6 is 0 Å². The second-order valence-corrected chi connectivity index (χ2v) is 9.44. The summed E-state index contributed by atoms with van der Waals surface area (Å²) in [6, 6.07) is 7.25. The van der Waals surface area contributed by atoms with E-state index >= 15 is 0 Å². The summed E-state index contributed by atoms with van der Waals surface area (Å²) in [5.41, 5.74) is 1.04. The van der Waals surface area contributed by atoms with Gasteiger partial charge < -0.3 is 24.8 Å². The number of hydrogen-bond donors (Lipinski definition) is 1. The SMILES string of the molecule is CN(CC1CCCN(C(=O)Nc2ccc(N3CCCC3=O)cc2)C1)C(=O)OC(C)(C)C. The second-order valence-electron chi connectivity index (χ2n) is 9.44. The summed E-state index contributed by atoms with van der Waals surface area (Å²) in [5, 5.41) is 2.95. The lowest BCUT2D eigenvalue weighted by Crippen LogP contribution is -2.46. The van der Waals surface area contributed by atoms with Gasteiger partial charge in [0.25, 0.3) is 0 Å². The molecule has 2 fully saturated rings. The number of amides is 4. The van der Waals surface area contributed by atoms with E-state index in [1.807, 2.05) is 45.0 Å². The van der Waals surface area contributed by atoms with Crippen molar-refractivity contribution in [2.75, 3.05) is 43.4 Å². The molecule has 0 bridgehead atoms. The predicted molar refractivity (Wildman–Crippen MR) is 120 cm³/mol. The summed E-state index contributed by atoms with van der Waals surface area (Å²) in [5.74, 6) is 0.355. The molecule has 4 amide bonds. The van der Waals surface area contributed by atoms with Crippen molar-refractivity contribution in [3.05, 3.63) is 24.3 Å². The molecule has 2 aliphatic rings. The first kappa shape index (κ1) is 22.9. The molecule has 2 aliphatic heterocycles. The standard InChI is InChI=1S/C23H34N4O4/c1-23(2,3)31-22(30)25(4)15-17-7-5-13-26(16-17)21(29)24-18-9-11-19(12-10-18)27-14-6-8-20(27)28/h9-12,17H,5-8,13-16H2,1-4H3,(H,24,29). The molecule has 170 valence electrons. The van der Waals surface area contributed by atoms with Crippen molar-refractivity contribution in [1.29, 1.82) is 0 Å². The van der Waals surface area contributed by atoms with E-state index in [0.717, 1.165) is 31.5 Å². The topological polar surface area (TPSA) is 82.2 Å². The summed E-state index contributed by atoms with van der Waals surface area (Å²) in [7, 11) is 1.74. The van der Waals surface area contributed by atoms with Gasteiger partial charge in [0.05, 0.1) is 0 Å². The maximum atomic E-state index is 12.8. The van der Waals surface area contributed by atoms with E-state index in [-0.39, 0.29) is 23.9 Å². The molecule has 1 unspecified atom stereocenters. The van der Waals surface area contributed by atoms with E-state index in [2.05, 4.69) is 5.32 Å². The maximum absolute atomic E-state index is 12.8. The van der Waals surface area contributed by atoms with Crippen molar-refractivity contribution in [3.8, 4) is 0 Å². The van der Waals surface area contributed by atoms with Gasteiger partial charge in [-0.05, 0) is 70.2 Å². The normalized spacial score (nSPS) is 19.4. The number of carbonyl (C=O) groups excluding carboxylic acids is 3. The molecule has 1 atom stereocenters. The molecule has 2 heterocycles. The van der Waals surface area contributed by atoms with Crippen molar-refractivity contribution < 1.29 is 19.1 Å². The quantitative estimate of drug-likeness (QED) is 0.785. The van der Waals surface area contributed by atoms with Crippen molar-refractivity contribution in [3.63, 3.8) is 0 Å². The number of benzene rings is 1. The van der Waals surface area contributed by atoms with E-state index in [4.69, 9.17) is 4.74 Å². The Morgan fingerprint density at radius 1 is 1.16 bits per heavy atom. The van der Waals surface area contributed by atoms with Gasteiger partial charge in [0, 0.05) is 51.0 Å². The molecule has 2 saturated heterocycles. The fourth-order valence-electron chi connectivity index (χ4n) is 4.05. The fourth-order valence-corrected chi connectivity index (χ4v) is 4.05. The van der Waals surface area contributed by atoms with Crippen LogP contribution in [0.25, 0.3) is 0 Å². The molecule has 1 aromatic carbocycles. The van der Waals surface area contributed by atoms with Gasteiger partial charge in [0.2, 0.25) is 5.91 Å². The molecule has 8 heteroatoms. The number of hydrogen-bond acceptors (Lipinski definition) is 4. The lowest BCUT2D eigenvalue weighted by molar-refractivity contribution is -0.117. The molecule has 0 radical (unpaired) electrons. The van der Waals surface area contributed by atoms with Gasteiger partial charge in [-0.1, -0.05) is 0 Å². The zero-order chi connectivity index (χ0) is 22.6. The Kier molecular flexibility index (Phi) is 7.08. The molecule has 31 heavy (non-hydrogen) atoms. The van der Waals surface area contributed by atoms with Gasteiger partial charge in [0.1, 0.15) is 5.60 Å². The third kappa shape index (κ3) is 6.35. The number of piperidine rings is 1. The minimum atomic E-state index is -0.526. The van der Waals surface area contributed by atoms with Crippen LogP contribution in [0.15, 0.2) is 24.3 Å². The average molecular weight is 431 g/mol. The second kappa shape index (κ2) is 9.58. The number of urea groups is 1. The van der Waals surface area contributed by atoms with Crippen molar-refractivity contribution in [2.24, 2.45) is 5.92 Å². The molecule has 8 nitrogen and oxygen atoms in total. The van der Waals surface area contributed by atoms with Crippen LogP contribution in [0.2, 0.25) is 0 Å². The summed E-state index contributed by atoms with van der Waals surface area (Å²) >= 11 is 0. The molecule has 0 aromatic heterocycles. The van der Waals surface area contributed by atoms with Gasteiger partial charge in [-0.25, -0.2) is 9.59 Å². The summed E-state index contributed by atoms with van der Waals surface area (Å²) < 4.78 is 5.42. The van der Waals surface area contributed by atoms with Crippen molar-refractivity contribution >= 4 is 29.4 Å². The van der Waals surface area contributed by atoms with Crippen LogP contribution in [0, 0.1) is 5.92 Å². The predicted octanol–water partition coefficient (Wildman–Crippen LogP) is 3.92. The van der Waals surface area contributed by atoms with E-state index < -0.39 is 5.60 Å². The summed E-state index contributed by atoms with van der Waals surface area (Å²) in [6.45, 7) is 8.13. The van der Waals surface area contributed by atoms with Crippen LogP contribution in [0.3, 0.4) is 0 Å². The minimum Gasteiger partial charge on any atom is -0.444 e. The zero-order valence-electron chi connectivity index (χ0n) is 19.0. The number of carbonyl (C=O) groups is 3. The number of anilines is 2. The first-order chi connectivity index (χ1) is 14.6. The molecule has 1 N–H and O–H groups in total. The largest absolute Gasteiger partial charge is 0.444 e. The van der Waals surface area contributed by atoms with Gasteiger partial charge in [-0.2, -0.15) is 0 Å². The van der Waals surface area contributed by atoms with Crippen LogP contribution in [-0.2, 0) is 9.53 Å². The van der Waals surface area contributed by atoms with Crippen LogP contribution < -0.4 is 10.2 Å². The molecule has 1 aromatic rings. The third-order valence-electron chi connectivity index (χ3n) is 5.55. The molecule has 0 aliphatic carbocycles. The van der Waals surface area contributed by atoms with Crippen LogP contribution in [-0.4, -0.2) is 66.7 Å². The summed E-state index contributed by atoms with van der Waals surface area (Å²) in [6.07, 6.45) is 3.01. The van der Waals surface area contributed by atoms with Crippen molar-refractivity contribution in [1.82, 2.24) is 9.80 Å². The molecule has 0 saturated carbocycles. The Morgan fingerprint density at radius 3 is 2.48 bits per heavy atom. The number of likely N-dealkylation sites (tertiary alicyclic amines) is 1. The molecule has 0 spiro atoms. The Balaban J connectivity index is 1.51. The van der Waals surface area contributed by atoms with Crippen LogP contribution in [0.1, 0.15) is 46.5 Å². The third-order valence-corrected chi connectivity index (χ3v) is 5.55. The number of rotatable bonds is 4. The van der Waals surface area contributed by atoms with E-state index in [1.165, 1.54) is 0 Å². The van der Waals surface area contributed by atoms with Gasteiger partial charge in [-0.15, -0.1) is 0 Å². The van der Waals surface area contributed by atoms with E-state index in [9.17, 15) is 14.4 Å². The molecular weight excluding hydrogens is 396 g/mol. The highest BCUT2D eigenvalue weighted by Gasteiger charge is 2.27. The Labute approximate surface area is 184 Å². The fraction of sp³-hybridized carbons (Fsp3) is 0.609. The smallest absolute Gasteiger partial charge is 0.410 e. The minimum absolute atomic E-state index is 0.144. The monoisotopic (exact) mass is 430 g/mol. The van der Waals surface area contributed by atoms with E-state index in [1.54, 1.807) is 21.7 Å². The van der Waals surface area contributed by atoms with Crippen LogP contribution in [0.5, 0.6) is 0 Å². The van der Waals surface area contributed by atoms with Crippen molar-refractivity contribution in [2.45, 2.75) is 52.1 Å². The van der Waals surface area contributed by atoms with E-state index in [0.29, 0.717) is 31.7 Å². The Hall–Kier alpha value is -2.77. The maximum Gasteiger partial charge on any atom is 0.410 e. The highest BCUT2D eigenvalue weighted by molar-refractivity contribution is 5.96. The molecular formula is C23H34N4O4. The van der Waals surface area contributed by atoms with Crippen LogP contribution in [0.4, 0.5) is 21.0 Å². The first-order valence-corrected chi connectivity index (χ1v) is 11.0. The average Bonchev–Trinajstić information content (AvgIpc) is 3.13. The number of ether oxygens (including phenoxy) is 1. The van der Waals surface area contributed by atoms with Gasteiger partial charge >= 0.3 is 12.1 Å². The zero-order valence-corrected chi connectivity index (χ0v) is 19.0. The lowest BCUT2D eigenvalue weighted by Gasteiger charge is -2.35. The first-order valence-electron chi connectivity index (χ1n) is 11.0. The Bertz CT molecular complexity index is 803. The number of nitrogens with one attached hydrogen (secondary N) is 1. The summed E-state index contributed by atoms with van der Waals surface area (Å²) in [4.78, 5) is 42.0. The Morgan fingerprint density at radius 2 is 1.87 bits per heavy atom. The number of nitrogens with zero attached hydrogens (tertiary/aromatic N) is 3. The van der Waals surface area contributed by atoms with Gasteiger partial charge in [0.15, 0.2) is 0 Å². The molecule has 3 rings (SSSR count). The highest BCUT2D eigenvalue weighted by atomic mass is 16.6.